The molecule has 2 atom stereocenters. The van der Waals surface area contributed by atoms with Crippen molar-refractivity contribution in [1.29, 1.82) is 0 Å². The third kappa shape index (κ3) is 1.56. The van der Waals surface area contributed by atoms with Crippen molar-refractivity contribution in [3.05, 3.63) is 59.4 Å². The normalized spacial score (nSPS) is 23.8. The molecule has 1 aromatic carbocycles. The van der Waals surface area contributed by atoms with Crippen molar-refractivity contribution >= 4 is 5.91 Å². The van der Waals surface area contributed by atoms with E-state index in [2.05, 4.69) is 52.9 Å². The summed E-state index contributed by atoms with van der Waals surface area (Å²) in [5, 5.41) is 0. The van der Waals surface area contributed by atoms with Gasteiger partial charge >= 0.3 is 0 Å². The van der Waals surface area contributed by atoms with E-state index in [4.69, 9.17) is 0 Å². The van der Waals surface area contributed by atoms with Gasteiger partial charge in [-0.25, -0.2) is 0 Å². The first-order valence-corrected chi connectivity index (χ1v) is 7.29. The van der Waals surface area contributed by atoms with Crippen molar-refractivity contribution in [3.63, 3.8) is 0 Å². The highest BCUT2D eigenvalue weighted by Crippen LogP contribution is 2.38. The zero-order valence-electron chi connectivity index (χ0n) is 11.6. The Balaban J connectivity index is 1.59. The lowest BCUT2D eigenvalue weighted by atomic mass is 9.76. The van der Waals surface area contributed by atoms with Gasteiger partial charge in [-0.15, -0.1) is 0 Å². The highest BCUT2D eigenvalue weighted by molar-refractivity contribution is 5.87. The van der Waals surface area contributed by atoms with Crippen LogP contribution in [-0.2, 0) is 17.8 Å². The van der Waals surface area contributed by atoms with Crippen LogP contribution in [0.5, 0.6) is 0 Å². The van der Waals surface area contributed by atoms with Crippen molar-refractivity contribution in [2.75, 3.05) is 6.54 Å². The van der Waals surface area contributed by atoms with Crippen LogP contribution in [0.3, 0.4) is 0 Å². The molecule has 0 radical (unpaired) electrons. The van der Waals surface area contributed by atoms with E-state index >= 15 is 0 Å². The lowest BCUT2D eigenvalue weighted by Gasteiger charge is -2.40. The molecule has 102 valence electrons. The number of rotatable bonds is 1. The minimum atomic E-state index is 0.0789. The number of carbonyl (C=O) groups excluding carboxylic acids is 1. The number of amides is 1. The molecule has 0 fully saturated rings. The van der Waals surface area contributed by atoms with E-state index in [1.807, 2.05) is 6.07 Å². The van der Waals surface area contributed by atoms with Gasteiger partial charge in [-0.1, -0.05) is 24.3 Å². The highest BCUT2D eigenvalue weighted by Gasteiger charge is 2.37. The molecule has 4 rings (SSSR count). The Morgan fingerprint density at radius 3 is 2.85 bits per heavy atom. The predicted octanol–water partition coefficient (Wildman–Crippen LogP) is 2.73. The molecule has 3 nitrogen and oxygen atoms in total. The molecular formula is C17H18N2O. The van der Waals surface area contributed by atoms with Crippen LogP contribution < -0.4 is 0 Å². The van der Waals surface area contributed by atoms with E-state index in [9.17, 15) is 4.79 Å². The number of fused-ring (bicyclic) bond motifs is 2. The van der Waals surface area contributed by atoms with Crippen LogP contribution in [0.25, 0.3) is 0 Å². The van der Waals surface area contributed by atoms with Crippen LogP contribution in [0.4, 0.5) is 0 Å². The highest BCUT2D eigenvalue weighted by atomic mass is 16.2. The summed E-state index contributed by atoms with van der Waals surface area (Å²) in [5.41, 5.74) is 3.81. The fraction of sp³-hybridized carbons (Fsp3) is 0.353. The first kappa shape index (κ1) is 11.8. The molecule has 20 heavy (non-hydrogen) atoms. The Kier molecular flexibility index (Phi) is 2.49. The SMILES string of the molecule is C[C@@H]1c2cccn2CCN1C(=O)[C@@H]1Cc2ccccc21. The van der Waals surface area contributed by atoms with E-state index in [1.54, 1.807) is 0 Å². The monoisotopic (exact) mass is 266 g/mol. The van der Waals surface area contributed by atoms with Crippen LogP contribution in [0.15, 0.2) is 42.6 Å². The van der Waals surface area contributed by atoms with Crippen molar-refractivity contribution < 1.29 is 4.79 Å². The van der Waals surface area contributed by atoms with Crippen molar-refractivity contribution in [1.82, 2.24) is 9.47 Å². The quantitative estimate of drug-likeness (QED) is 0.779. The van der Waals surface area contributed by atoms with Gasteiger partial charge in [0.1, 0.15) is 0 Å². The summed E-state index contributed by atoms with van der Waals surface area (Å²) in [6.45, 7) is 3.86. The third-order valence-corrected chi connectivity index (χ3v) is 4.78. The predicted molar refractivity (Wildman–Crippen MR) is 77.4 cm³/mol. The van der Waals surface area contributed by atoms with Gasteiger partial charge in [-0.2, -0.15) is 0 Å². The molecule has 0 saturated carbocycles. The maximum absolute atomic E-state index is 12.8. The molecule has 0 unspecified atom stereocenters. The van der Waals surface area contributed by atoms with Gasteiger partial charge < -0.3 is 9.47 Å². The maximum atomic E-state index is 12.8. The molecule has 2 aliphatic rings. The molecule has 3 heteroatoms. The van der Waals surface area contributed by atoms with Gasteiger partial charge in [-0.05, 0) is 36.6 Å². The Labute approximate surface area is 118 Å². The topological polar surface area (TPSA) is 25.2 Å². The molecule has 1 amide bonds. The second-order valence-corrected chi connectivity index (χ2v) is 5.79. The van der Waals surface area contributed by atoms with Crippen LogP contribution in [0, 0.1) is 0 Å². The molecule has 0 N–H and O–H groups in total. The summed E-state index contributed by atoms with van der Waals surface area (Å²) in [6.07, 6.45) is 3.01. The molecule has 2 aromatic rings. The van der Waals surface area contributed by atoms with Crippen LogP contribution in [-0.4, -0.2) is 21.9 Å². The smallest absolute Gasteiger partial charge is 0.231 e. The average Bonchev–Trinajstić information content (AvgIpc) is 2.90. The number of carbonyl (C=O) groups is 1. The zero-order chi connectivity index (χ0) is 13.7. The van der Waals surface area contributed by atoms with E-state index in [0.717, 1.165) is 19.5 Å². The van der Waals surface area contributed by atoms with Crippen molar-refractivity contribution in [2.45, 2.75) is 31.8 Å². The summed E-state index contributed by atoms with van der Waals surface area (Å²) in [5.74, 6) is 0.374. The molecule has 0 spiro atoms. The second kappa shape index (κ2) is 4.23. The van der Waals surface area contributed by atoms with Crippen LogP contribution in [0.1, 0.15) is 35.7 Å². The van der Waals surface area contributed by atoms with Crippen LogP contribution >= 0.6 is 0 Å². The molecule has 1 aliphatic carbocycles. The van der Waals surface area contributed by atoms with Gasteiger partial charge in [-0.3, -0.25) is 4.79 Å². The number of benzene rings is 1. The maximum Gasteiger partial charge on any atom is 0.231 e. The number of hydrogen-bond donors (Lipinski definition) is 0. The zero-order valence-corrected chi connectivity index (χ0v) is 11.6. The summed E-state index contributed by atoms with van der Waals surface area (Å²) in [7, 11) is 0. The van der Waals surface area contributed by atoms with Crippen molar-refractivity contribution in [2.24, 2.45) is 0 Å². The first-order chi connectivity index (χ1) is 9.75. The van der Waals surface area contributed by atoms with Gasteiger partial charge in [0.25, 0.3) is 0 Å². The molecule has 2 heterocycles. The molecule has 0 saturated heterocycles. The van der Waals surface area contributed by atoms with E-state index in [0.29, 0.717) is 5.91 Å². The minimum absolute atomic E-state index is 0.0789. The number of nitrogens with zero attached hydrogens (tertiary/aromatic N) is 2. The fourth-order valence-corrected chi connectivity index (χ4v) is 3.56. The summed E-state index contributed by atoms with van der Waals surface area (Å²) < 4.78 is 2.25. The van der Waals surface area contributed by atoms with Gasteiger partial charge in [0.05, 0.1) is 12.0 Å². The number of aromatic nitrogens is 1. The molecule has 1 aliphatic heterocycles. The minimum Gasteiger partial charge on any atom is -0.348 e. The standard InChI is InChI=1S/C17H18N2O/c1-12-16-7-4-8-18(16)9-10-19(12)17(20)15-11-13-5-2-3-6-14(13)15/h2-8,12,15H,9-11H2,1H3/t12-,15-/m1/s1. The largest absolute Gasteiger partial charge is 0.348 e. The molecular weight excluding hydrogens is 248 g/mol. The Bertz CT molecular complexity index is 673. The van der Waals surface area contributed by atoms with Gasteiger partial charge in [0.15, 0.2) is 0 Å². The third-order valence-electron chi connectivity index (χ3n) is 4.78. The van der Waals surface area contributed by atoms with Crippen LogP contribution in [0.2, 0.25) is 0 Å². The summed E-state index contributed by atoms with van der Waals surface area (Å²) in [4.78, 5) is 14.9. The van der Waals surface area contributed by atoms with Gasteiger partial charge in [0, 0.05) is 25.0 Å². The summed E-state index contributed by atoms with van der Waals surface area (Å²) >= 11 is 0. The Morgan fingerprint density at radius 2 is 2.00 bits per heavy atom. The molecule has 1 aromatic heterocycles. The Morgan fingerprint density at radius 1 is 1.15 bits per heavy atom. The van der Waals surface area contributed by atoms with Gasteiger partial charge in [0.2, 0.25) is 5.91 Å². The molecule has 0 bridgehead atoms. The van der Waals surface area contributed by atoms with E-state index in [-0.39, 0.29) is 12.0 Å². The lowest BCUT2D eigenvalue weighted by molar-refractivity contribution is -0.136. The van der Waals surface area contributed by atoms with Crippen molar-refractivity contribution in [3.8, 4) is 0 Å². The number of hydrogen-bond acceptors (Lipinski definition) is 1. The Hall–Kier alpha value is -2.03. The lowest BCUT2D eigenvalue weighted by Crippen LogP contribution is -2.45. The van der Waals surface area contributed by atoms with E-state index < -0.39 is 0 Å². The first-order valence-electron chi connectivity index (χ1n) is 7.29. The van der Waals surface area contributed by atoms with E-state index in [1.165, 1.54) is 16.8 Å². The average molecular weight is 266 g/mol. The summed E-state index contributed by atoms with van der Waals surface area (Å²) in [6, 6.07) is 12.7. The fourth-order valence-electron chi connectivity index (χ4n) is 3.56. The second-order valence-electron chi connectivity index (χ2n) is 5.79.